The first-order chi connectivity index (χ1) is 9.97. The van der Waals surface area contributed by atoms with Gasteiger partial charge in [-0.1, -0.05) is 24.3 Å². The Kier molecular flexibility index (Phi) is 4.53. The van der Waals surface area contributed by atoms with Gasteiger partial charge >= 0.3 is 5.97 Å². The van der Waals surface area contributed by atoms with Gasteiger partial charge in [0.2, 0.25) is 0 Å². The number of benzene rings is 2. The number of rotatable bonds is 3. The van der Waals surface area contributed by atoms with Gasteiger partial charge in [0.05, 0.1) is 0 Å². The molecule has 0 aliphatic heterocycles. The molecule has 0 amide bonds. The largest absolute Gasteiger partial charge is 0.423 e. The van der Waals surface area contributed by atoms with Crippen LogP contribution >= 0.6 is 0 Å². The van der Waals surface area contributed by atoms with E-state index in [0.717, 1.165) is 16.7 Å². The first kappa shape index (κ1) is 15.0. The minimum atomic E-state index is -0.476. The second-order valence-electron chi connectivity index (χ2n) is 4.96. The number of halogens is 1. The van der Waals surface area contributed by atoms with Crippen molar-refractivity contribution in [1.29, 1.82) is 0 Å². The van der Waals surface area contributed by atoms with E-state index in [-0.39, 0.29) is 5.82 Å². The molecule has 108 valence electrons. The van der Waals surface area contributed by atoms with Crippen LogP contribution in [0.15, 0.2) is 42.5 Å². The van der Waals surface area contributed by atoms with Gasteiger partial charge in [0.1, 0.15) is 11.6 Å². The van der Waals surface area contributed by atoms with Crippen molar-refractivity contribution in [1.82, 2.24) is 0 Å². The molecule has 2 nitrogen and oxygen atoms in total. The summed E-state index contributed by atoms with van der Waals surface area (Å²) in [5.74, 6) is -0.226. The third-order valence-electron chi connectivity index (χ3n) is 3.34. The van der Waals surface area contributed by atoms with Crippen LogP contribution in [0.4, 0.5) is 4.39 Å². The van der Waals surface area contributed by atoms with E-state index >= 15 is 0 Å². The van der Waals surface area contributed by atoms with Crippen molar-refractivity contribution in [3.8, 4) is 5.75 Å². The van der Waals surface area contributed by atoms with E-state index in [4.69, 9.17) is 4.74 Å². The molecule has 2 aromatic rings. The van der Waals surface area contributed by atoms with Crippen molar-refractivity contribution in [2.24, 2.45) is 0 Å². The maximum Gasteiger partial charge on any atom is 0.336 e. The highest BCUT2D eigenvalue weighted by molar-refractivity contribution is 5.89. The zero-order chi connectivity index (χ0) is 15.4. The number of carbonyl (C=O) groups excluding carboxylic acids is 1. The normalized spacial score (nSPS) is 10.9. The first-order valence-electron chi connectivity index (χ1n) is 6.69. The van der Waals surface area contributed by atoms with Crippen molar-refractivity contribution in [2.75, 3.05) is 0 Å². The topological polar surface area (TPSA) is 26.3 Å². The number of hydrogen-bond acceptors (Lipinski definition) is 2. The minimum Gasteiger partial charge on any atom is -0.423 e. The number of hydrogen-bond donors (Lipinski definition) is 0. The fourth-order valence-corrected chi connectivity index (χ4v) is 1.99. The Morgan fingerprint density at radius 2 is 1.81 bits per heavy atom. The molecule has 0 heterocycles. The van der Waals surface area contributed by atoms with Crippen molar-refractivity contribution >= 4 is 12.0 Å². The number of esters is 1. The van der Waals surface area contributed by atoms with Gasteiger partial charge in [-0.25, -0.2) is 9.18 Å². The molecule has 0 unspecified atom stereocenters. The average Bonchev–Trinajstić information content (AvgIpc) is 2.46. The van der Waals surface area contributed by atoms with Gasteiger partial charge in [0, 0.05) is 6.08 Å². The molecule has 21 heavy (non-hydrogen) atoms. The maximum absolute atomic E-state index is 13.0. The fraction of sp³-hybridized carbons (Fsp3) is 0.167. The summed E-state index contributed by atoms with van der Waals surface area (Å²) in [4.78, 5) is 11.9. The van der Waals surface area contributed by atoms with Crippen LogP contribution in [-0.4, -0.2) is 5.97 Å². The van der Waals surface area contributed by atoms with Crippen LogP contribution in [0.5, 0.6) is 5.75 Å². The Bertz CT molecular complexity index is 702. The molecule has 0 spiro atoms. The predicted molar refractivity (Wildman–Crippen MR) is 81.7 cm³/mol. The first-order valence-corrected chi connectivity index (χ1v) is 6.69. The van der Waals surface area contributed by atoms with Crippen LogP contribution in [0.25, 0.3) is 6.08 Å². The van der Waals surface area contributed by atoms with E-state index in [1.54, 1.807) is 12.1 Å². The molecule has 0 bridgehead atoms. The van der Waals surface area contributed by atoms with Crippen molar-refractivity contribution < 1.29 is 13.9 Å². The summed E-state index contributed by atoms with van der Waals surface area (Å²) < 4.78 is 18.4. The van der Waals surface area contributed by atoms with E-state index in [2.05, 4.69) is 0 Å². The molecule has 0 aliphatic carbocycles. The predicted octanol–water partition coefficient (Wildman–Crippen LogP) is 4.37. The third-order valence-corrected chi connectivity index (χ3v) is 3.34. The summed E-state index contributed by atoms with van der Waals surface area (Å²) >= 11 is 0. The molecule has 0 saturated heterocycles. The van der Waals surface area contributed by atoms with E-state index in [1.807, 2.05) is 32.9 Å². The molecule has 0 atom stereocenters. The summed E-state index contributed by atoms with van der Waals surface area (Å²) in [7, 11) is 0. The van der Waals surface area contributed by atoms with E-state index < -0.39 is 5.97 Å². The Balaban J connectivity index is 2.14. The lowest BCUT2D eigenvalue weighted by atomic mass is 10.1. The van der Waals surface area contributed by atoms with Crippen molar-refractivity contribution in [3.05, 3.63) is 70.5 Å². The summed E-state index contributed by atoms with van der Waals surface area (Å²) in [5.41, 5.74) is 3.54. The van der Waals surface area contributed by atoms with Gasteiger partial charge in [-0.15, -0.1) is 0 Å². The Morgan fingerprint density at radius 1 is 1.10 bits per heavy atom. The molecule has 0 aliphatic rings. The lowest BCUT2D eigenvalue weighted by Gasteiger charge is -2.11. The Morgan fingerprint density at radius 3 is 2.52 bits per heavy atom. The van der Waals surface area contributed by atoms with Gasteiger partial charge in [-0.3, -0.25) is 0 Å². The fourth-order valence-electron chi connectivity index (χ4n) is 1.99. The highest BCUT2D eigenvalue weighted by Crippen LogP contribution is 2.25. The second-order valence-corrected chi connectivity index (χ2v) is 4.96. The molecular weight excluding hydrogens is 267 g/mol. The number of carbonyl (C=O) groups is 1. The molecule has 0 fully saturated rings. The lowest BCUT2D eigenvalue weighted by molar-refractivity contribution is -0.129. The Labute approximate surface area is 123 Å². The second kappa shape index (κ2) is 6.35. The van der Waals surface area contributed by atoms with Gasteiger partial charge < -0.3 is 4.74 Å². The van der Waals surface area contributed by atoms with Crippen LogP contribution in [0.3, 0.4) is 0 Å². The van der Waals surface area contributed by atoms with Gasteiger partial charge in [0.15, 0.2) is 0 Å². The van der Waals surface area contributed by atoms with Crippen molar-refractivity contribution in [3.63, 3.8) is 0 Å². The van der Waals surface area contributed by atoms with Crippen molar-refractivity contribution in [2.45, 2.75) is 20.8 Å². The number of aryl methyl sites for hydroxylation is 2. The summed E-state index contributed by atoms with van der Waals surface area (Å²) in [6.45, 7) is 5.78. The van der Waals surface area contributed by atoms with Gasteiger partial charge in [-0.2, -0.15) is 0 Å². The molecular formula is C18H17FO2. The minimum absolute atomic E-state index is 0.337. The van der Waals surface area contributed by atoms with E-state index in [1.165, 1.54) is 24.3 Å². The summed E-state index contributed by atoms with van der Waals surface area (Å²) in [6, 6.07) is 9.93. The lowest BCUT2D eigenvalue weighted by Crippen LogP contribution is -2.07. The van der Waals surface area contributed by atoms with Gasteiger partial charge in [-0.05, 0) is 61.2 Å². The molecule has 0 N–H and O–H groups in total. The quantitative estimate of drug-likeness (QED) is 0.475. The molecule has 0 radical (unpaired) electrons. The highest BCUT2D eigenvalue weighted by atomic mass is 19.1. The third kappa shape index (κ3) is 3.78. The summed E-state index contributed by atoms with van der Waals surface area (Å²) in [5, 5.41) is 0. The number of ether oxygens (including phenoxy) is 1. The van der Waals surface area contributed by atoms with Crippen LogP contribution in [0.1, 0.15) is 22.3 Å². The van der Waals surface area contributed by atoms with Crippen LogP contribution in [-0.2, 0) is 4.79 Å². The van der Waals surface area contributed by atoms with E-state index in [0.29, 0.717) is 11.3 Å². The van der Waals surface area contributed by atoms with Crippen LogP contribution in [0.2, 0.25) is 0 Å². The maximum atomic E-state index is 13.0. The molecule has 2 aromatic carbocycles. The zero-order valence-electron chi connectivity index (χ0n) is 12.3. The smallest absolute Gasteiger partial charge is 0.336 e. The molecule has 0 saturated carbocycles. The standard InChI is InChI=1S/C18H17FO2/c1-12-7-8-13(2)18(14(12)3)21-17(20)10-9-15-5-4-6-16(19)11-15/h4-11H,1-3H3/b10-9+. The molecule has 3 heteroatoms. The van der Waals surface area contributed by atoms with Crippen LogP contribution < -0.4 is 4.74 Å². The monoisotopic (exact) mass is 284 g/mol. The van der Waals surface area contributed by atoms with Crippen LogP contribution in [0, 0.1) is 26.6 Å². The SMILES string of the molecule is Cc1ccc(C)c(OC(=O)/C=C/c2cccc(F)c2)c1C. The molecule has 2 rings (SSSR count). The van der Waals surface area contributed by atoms with Gasteiger partial charge in [0.25, 0.3) is 0 Å². The van der Waals surface area contributed by atoms with E-state index in [9.17, 15) is 9.18 Å². The highest BCUT2D eigenvalue weighted by Gasteiger charge is 2.09. The summed E-state index contributed by atoms with van der Waals surface area (Å²) in [6.07, 6.45) is 2.84. The Hall–Kier alpha value is -2.42. The zero-order valence-corrected chi connectivity index (χ0v) is 12.3. The molecule has 0 aromatic heterocycles. The average molecular weight is 284 g/mol.